The molecule has 2 heterocycles. The zero-order valence-electron chi connectivity index (χ0n) is 7.38. The molecule has 68 valence electrons. The Labute approximate surface area is 80.2 Å². The second-order valence-corrected chi connectivity index (χ2v) is 3.22. The molecule has 3 rings (SSSR count). The maximum atomic E-state index is 9.83. The predicted molar refractivity (Wildman–Crippen MR) is 54.4 cm³/mol. The third-order valence-electron chi connectivity index (χ3n) is 2.45. The number of benzene rings is 1. The monoisotopic (exact) mass is 184 g/mol. The summed E-state index contributed by atoms with van der Waals surface area (Å²) < 4.78 is 1.18. The Balaban J connectivity index is 2.69. The summed E-state index contributed by atoms with van der Waals surface area (Å²) in [7, 11) is 0. The fourth-order valence-corrected chi connectivity index (χ4v) is 1.80. The Kier molecular flexibility index (Phi) is 1.31. The van der Waals surface area contributed by atoms with E-state index in [4.69, 9.17) is 0 Å². The van der Waals surface area contributed by atoms with Gasteiger partial charge in [-0.25, -0.2) is 0 Å². The topological polar surface area (TPSA) is 38.0 Å². The number of pyridine rings is 1. The van der Waals surface area contributed by atoms with Crippen LogP contribution in [0.15, 0.2) is 42.7 Å². The van der Waals surface area contributed by atoms with Gasteiger partial charge < -0.3 is 5.21 Å². The first kappa shape index (κ1) is 7.38. The van der Waals surface area contributed by atoms with Crippen LogP contribution in [0.4, 0.5) is 0 Å². The molecule has 0 amide bonds. The van der Waals surface area contributed by atoms with Gasteiger partial charge in [0.05, 0.1) is 11.7 Å². The van der Waals surface area contributed by atoms with E-state index >= 15 is 0 Å². The van der Waals surface area contributed by atoms with Crippen LogP contribution in [-0.2, 0) is 0 Å². The SMILES string of the molecule is On1c2ccccc2c2ccncc21. The molecule has 0 spiro atoms. The minimum absolute atomic E-state index is 0.744. The summed E-state index contributed by atoms with van der Waals surface area (Å²) in [6.45, 7) is 0. The van der Waals surface area contributed by atoms with E-state index in [0.29, 0.717) is 0 Å². The van der Waals surface area contributed by atoms with Gasteiger partial charge in [0, 0.05) is 17.0 Å². The van der Waals surface area contributed by atoms with E-state index < -0.39 is 0 Å². The molecule has 0 unspecified atom stereocenters. The van der Waals surface area contributed by atoms with Gasteiger partial charge in [-0.15, -0.1) is 0 Å². The second kappa shape index (κ2) is 2.48. The molecule has 0 bridgehead atoms. The molecular weight excluding hydrogens is 176 g/mol. The smallest absolute Gasteiger partial charge is 0.106 e. The molecule has 3 aromatic rings. The summed E-state index contributed by atoms with van der Waals surface area (Å²) in [5.41, 5.74) is 1.56. The standard InChI is InChI=1S/C11H8N2O/c14-13-10-4-2-1-3-8(10)9-5-6-12-7-11(9)13/h1-7,14H. The summed E-state index contributed by atoms with van der Waals surface area (Å²) in [5.74, 6) is 0. The molecule has 0 fully saturated rings. The predicted octanol–water partition coefficient (Wildman–Crippen LogP) is 2.43. The maximum Gasteiger partial charge on any atom is 0.106 e. The van der Waals surface area contributed by atoms with Gasteiger partial charge >= 0.3 is 0 Å². The molecule has 0 aliphatic rings. The van der Waals surface area contributed by atoms with E-state index in [1.165, 1.54) is 4.73 Å². The van der Waals surface area contributed by atoms with Crippen LogP contribution >= 0.6 is 0 Å². The van der Waals surface area contributed by atoms with Crippen LogP contribution in [-0.4, -0.2) is 14.9 Å². The highest BCUT2D eigenvalue weighted by atomic mass is 16.5. The van der Waals surface area contributed by atoms with Crippen LogP contribution in [0.2, 0.25) is 0 Å². The van der Waals surface area contributed by atoms with E-state index in [9.17, 15) is 5.21 Å². The van der Waals surface area contributed by atoms with Gasteiger partial charge in [-0.05, 0) is 12.1 Å². The third-order valence-corrected chi connectivity index (χ3v) is 2.45. The number of rotatable bonds is 0. The Morgan fingerprint density at radius 2 is 1.79 bits per heavy atom. The lowest BCUT2D eigenvalue weighted by Gasteiger charge is -1.93. The molecule has 3 heteroatoms. The molecule has 0 aliphatic heterocycles. The van der Waals surface area contributed by atoms with Gasteiger partial charge in [-0.2, -0.15) is 4.73 Å². The molecule has 0 aliphatic carbocycles. The van der Waals surface area contributed by atoms with E-state index in [2.05, 4.69) is 4.98 Å². The average Bonchev–Trinajstić information content (AvgIpc) is 2.55. The van der Waals surface area contributed by atoms with Gasteiger partial charge in [0.1, 0.15) is 5.52 Å². The number of hydrogen-bond donors (Lipinski definition) is 1. The van der Waals surface area contributed by atoms with Crippen LogP contribution in [0.5, 0.6) is 0 Å². The second-order valence-electron chi connectivity index (χ2n) is 3.22. The fourth-order valence-electron chi connectivity index (χ4n) is 1.80. The van der Waals surface area contributed by atoms with Crippen molar-refractivity contribution in [3.8, 4) is 0 Å². The minimum atomic E-state index is 0.744. The van der Waals surface area contributed by atoms with Gasteiger partial charge in [-0.1, -0.05) is 18.2 Å². The molecular formula is C11H8N2O. The lowest BCUT2D eigenvalue weighted by molar-refractivity contribution is 0.212. The van der Waals surface area contributed by atoms with Crippen molar-refractivity contribution in [2.24, 2.45) is 0 Å². The first-order chi connectivity index (χ1) is 6.88. The molecule has 3 nitrogen and oxygen atoms in total. The minimum Gasteiger partial charge on any atom is -0.428 e. The number of aromatic nitrogens is 2. The zero-order valence-corrected chi connectivity index (χ0v) is 7.38. The highest BCUT2D eigenvalue weighted by molar-refractivity contribution is 6.07. The van der Waals surface area contributed by atoms with Crippen molar-refractivity contribution in [1.29, 1.82) is 0 Å². The van der Waals surface area contributed by atoms with Crippen LogP contribution in [0, 0.1) is 0 Å². The Bertz CT molecular complexity index is 560. The lowest BCUT2D eigenvalue weighted by Crippen LogP contribution is -1.88. The molecule has 2 aromatic heterocycles. The lowest BCUT2D eigenvalue weighted by atomic mass is 10.2. The number of para-hydroxylation sites is 1. The van der Waals surface area contributed by atoms with Crippen LogP contribution in [0.1, 0.15) is 0 Å². The number of hydrogen-bond acceptors (Lipinski definition) is 2. The highest BCUT2D eigenvalue weighted by Crippen LogP contribution is 2.26. The van der Waals surface area contributed by atoms with Gasteiger partial charge in [0.15, 0.2) is 0 Å². The summed E-state index contributed by atoms with van der Waals surface area (Å²) >= 11 is 0. The molecule has 1 N–H and O–H groups in total. The van der Waals surface area contributed by atoms with Crippen molar-refractivity contribution in [2.45, 2.75) is 0 Å². The summed E-state index contributed by atoms with van der Waals surface area (Å²) in [6.07, 6.45) is 3.39. The Morgan fingerprint density at radius 1 is 1.00 bits per heavy atom. The first-order valence-electron chi connectivity index (χ1n) is 4.40. The van der Waals surface area contributed by atoms with Crippen LogP contribution < -0.4 is 0 Å². The zero-order chi connectivity index (χ0) is 9.54. The van der Waals surface area contributed by atoms with Crippen molar-refractivity contribution in [3.05, 3.63) is 42.7 Å². The summed E-state index contributed by atoms with van der Waals surface area (Å²) in [5, 5.41) is 11.9. The van der Waals surface area contributed by atoms with Crippen molar-refractivity contribution < 1.29 is 5.21 Å². The normalized spacial score (nSPS) is 11.1. The quantitative estimate of drug-likeness (QED) is 0.545. The van der Waals surface area contributed by atoms with E-state index in [-0.39, 0.29) is 0 Å². The van der Waals surface area contributed by atoms with E-state index in [1.54, 1.807) is 12.4 Å². The number of fused-ring (bicyclic) bond motifs is 3. The van der Waals surface area contributed by atoms with Crippen LogP contribution in [0.25, 0.3) is 21.8 Å². The molecule has 1 aromatic carbocycles. The van der Waals surface area contributed by atoms with Crippen molar-refractivity contribution >= 4 is 21.8 Å². The van der Waals surface area contributed by atoms with E-state index in [1.807, 2.05) is 30.3 Å². The number of nitrogens with zero attached hydrogens (tertiary/aromatic N) is 2. The largest absolute Gasteiger partial charge is 0.428 e. The van der Waals surface area contributed by atoms with Crippen molar-refractivity contribution in [3.63, 3.8) is 0 Å². The summed E-state index contributed by atoms with van der Waals surface area (Å²) in [4.78, 5) is 3.99. The Morgan fingerprint density at radius 3 is 2.71 bits per heavy atom. The summed E-state index contributed by atoms with van der Waals surface area (Å²) in [6, 6.07) is 9.65. The van der Waals surface area contributed by atoms with Crippen LogP contribution in [0.3, 0.4) is 0 Å². The molecule has 0 saturated heterocycles. The molecule has 0 atom stereocenters. The molecule has 0 saturated carbocycles. The van der Waals surface area contributed by atoms with Gasteiger partial charge in [0.25, 0.3) is 0 Å². The van der Waals surface area contributed by atoms with E-state index in [0.717, 1.165) is 21.8 Å². The van der Waals surface area contributed by atoms with Crippen molar-refractivity contribution in [2.75, 3.05) is 0 Å². The molecule has 14 heavy (non-hydrogen) atoms. The van der Waals surface area contributed by atoms with Gasteiger partial charge in [-0.3, -0.25) is 4.98 Å². The average molecular weight is 184 g/mol. The maximum absolute atomic E-state index is 9.83. The third kappa shape index (κ3) is 0.785. The van der Waals surface area contributed by atoms with Crippen molar-refractivity contribution in [1.82, 2.24) is 9.71 Å². The first-order valence-corrected chi connectivity index (χ1v) is 4.40. The molecule has 0 radical (unpaired) electrons. The highest BCUT2D eigenvalue weighted by Gasteiger charge is 2.07. The Hall–Kier alpha value is -2.03. The van der Waals surface area contributed by atoms with Gasteiger partial charge in [0.2, 0.25) is 0 Å². The fraction of sp³-hybridized carbons (Fsp3) is 0.